The minimum Gasteiger partial charge on any atom is -0.334 e. The van der Waals surface area contributed by atoms with Crippen LogP contribution < -0.4 is 0 Å². The molecule has 2 aliphatic carbocycles. The van der Waals surface area contributed by atoms with Gasteiger partial charge in [0, 0.05) is 18.2 Å². The van der Waals surface area contributed by atoms with E-state index in [4.69, 9.17) is 0 Å². The predicted molar refractivity (Wildman–Crippen MR) is 74.2 cm³/mol. The highest BCUT2D eigenvalue weighted by molar-refractivity contribution is 5.79. The molecule has 2 saturated carbocycles. The average Bonchev–Trinajstić information content (AvgIpc) is 3.02. The van der Waals surface area contributed by atoms with Crippen LogP contribution in [0.1, 0.15) is 38.8 Å². The molecule has 0 spiro atoms. The summed E-state index contributed by atoms with van der Waals surface area (Å²) >= 11 is 0. The van der Waals surface area contributed by atoms with Crippen molar-refractivity contribution in [3.8, 4) is 0 Å². The van der Waals surface area contributed by atoms with E-state index in [0.29, 0.717) is 12.5 Å². The van der Waals surface area contributed by atoms with Crippen LogP contribution in [0.15, 0.2) is 24.4 Å². The van der Waals surface area contributed by atoms with Gasteiger partial charge in [0.25, 0.3) is 0 Å². The quantitative estimate of drug-likeness (QED) is 0.832. The second kappa shape index (κ2) is 4.95. The van der Waals surface area contributed by atoms with E-state index in [0.717, 1.165) is 30.4 Å². The summed E-state index contributed by atoms with van der Waals surface area (Å²) in [7, 11) is 0. The number of carbonyl (C=O) groups excluding carboxylic acids is 1. The largest absolute Gasteiger partial charge is 0.334 e. The Morgan fingerprint density at radius 2 is 2.05 bits per heavy atom. The standard InChI is InChI=1S/C16H22N2O/c1-11(2)18(10-15-5-3-4-6-17-15)16(19)14-8-12-7-13(12)9-14/h3-6,11-14H,7-10H2,1-2H3. The summed E-state index contributed by atoms with van der Waals surface area (Å²) in [5, 5.41) is 0. The lowest BCUT2D eigenvalue weighted by Gasteiger charge is -2.29. The maximum absolute atomic E-state index is 12.7. The topological polar surface area (TPSA) is 33.2 Å². The Morgan fingerprint density at radius 1 is 1.32 bits per heavy atom. The highest BCUT2D eigenvalue weighted by atomic mass is 16.2. The van der Waals surface area contributed by atoms with Crippen LogP contribution in [-0.4, -0.2) is 21.8 Å². The molecule has 2 fully saturated rings. The molecule has 0 aromatic carbocycles. The van der Waals surface area contributed by atoms with Crippen molar-refractivity contribution in [3.05, 3.63) is 30.1 Å². The van der Waals surface area contributed by atoms with E-state index in [2.05, 4.69) is 18.8 Å². The fourth-order valence-electron chi connectivity index (χ4n) is 3.33. The van der Waals surface area contributed by atoms with Crippen molar-refractivity contribution in [2.75, 3.05) is 0 Å². The Labute approximate surface area is 115 Å². The SMILES string of the molecule is CC(C)N(Cc1ccccn1)C(=O)C1CC2CC2C1. The van der Waals surface area contributed by atoms with E-state index in [1.165, 1.54) is 6.42 Å². The normalized spacial score (nSPS) is 28.3. The molecule has 19 heavy (non-hydrogen) atoms. The Morgan fingerprint density at radius 3 is 2.63 bits per heavy atom. The lowest BCUT2D eigenvalue weighted by atomic mass is 10.0. The summed E-state index contributed by atoms with van der Waals surface area (Å²) in [6, 6.07) is 6.13. The first kappa shape index (κ1) is 12.6. The van der Waals surface area contributed by atoms with Crippen LogP contribution in [0.3, 0.4) is 0 Å². The summed E-state index contributed by atoms with van der Waals surface area (Å²) in [6.45, 7) is 4.83. The number of aromatic nitrogens is 1. The lowest BCUT2D eigenvalue weighted by Crippen LogP contribution is -2.40. The van der Waals surface area contributed by atoms with E-state index in [1.54, 1.807) is 6.20 Å². The molecule has 3 heteroatoms. The number of hydrogen-bond acceptors (Lipinski definition) is 2. The Balaban J connectivity index is 1.68. The molecule has 1 amide bonds. The minimum atomic E-state index is 0.242. The van der Waals surface area contributed by atoms with Gasteiger partial charge in [-0.05, 0) is 57.1 Å². The molecule has 2 atom stereocenters. The van der Waals surface area contributed by atoms with Gasteiger partial charge >= 0.3 is 0 Å². The zero-order valence-electron chi connectivity index (χ0n) is 11.7. The maximum atomic E-state index is 12.7. The zero-order valence-corrected chi connectivity index (χ0v) is 11.7. The second-order valence-corrected chi connectivity index (χ2v) is 6.31. The number of rotatable bonds is 4. The van der Waals surface area contributed by atoms with Gasteiger partial charge in [-0.15, -0.1) is 0 Å². The van der Waals surface area contributed by atoms with E-state index >= 15 is 0 Å². The van der Waals surface area contributed by atoms with Crippen molar-refractivity contribution in [1.29, 1.82) is 0 Å². The van der Waals surface area contributed by atoms with Crippen LogP contribution in [0, 0.1) is 17.8 Å². The number of carbonyl (C=O) groups is 1. The van der Waals surface area contributed by atoms with E-state index in [9.17, 15) is 4.79 Å². The van der Waals surface area contributed by atoms with E-state index in [1.807, 2.05) is 23.1 Å². The van der Waals surface area contributed by atoms with Gasteiger partial charge < -0.3 is 4.90 Å². The monoisotopic (exact) mass is 258 g/mol. The molecule has 0 saturated heterocycles. The first-order chi connectivity index (χ1) is 9.15. The van der Waals surface area contributed by atoms with Crippen molar-refractivity contribution >= 4 is 5.91 Å². The van der Waals surface area contributed by atoms with Crippen LogP contribution in [0.4, 0.5) is 0 Å². The molecule has 2 aliphatic rings. The molecule has 3 rings (SSSR count). The zero-order chi connectivity index (χ0) is 13.4. The average molecular weight is 258 g/mol. The van der Waals surface area contributed by atoms with Crippen LogP contribution in [0.25, 0.3) is 0 Å². The molecule has 0 radical (unpaired) electrons. The third-order valence-corrected chi connectivity index (χ3v) is 4.56. The Kier molecular flexibility index (Phi) is 3.29. The van der Waals surface area contributed by atoms with Crippen LogP contribution in [-0.2, 0) is 11.3 Å². The third-order valence-electron chi connectivity index (χ3n) is 4.56. The molecule has 0 aliphatic heterocycles. The van der Waals surface area contributed by atoms with Crippen molar-refractivity contribution in [3.63, 3.8) is 0 Å². The molecule has 1 heterocycles. The maximum Gasteiger partial charge on any atom is 0.226 e. The first-order valence-electron chi connectivity index (χ1n) is 7.35. The fourth-order valence-corrected chi connectivity index (χ4v) is 3.33. The number of nitrogens with zero attached hydrogens (tertiary/aromatic N) is 2. The summed E-state index contributed by atoms with van der Waals surface area (Å²) in [6.07, 6.45) is 5.40. The summed E-state index contributed by atoms with van der Waals surface area (Å²) in [5.41, 5.74) is 0.979. The second-order valence-electron chi connectivity index (χ2n) is 6.31. The van der Waals surface area contributed by atoms with Gasteiger partial charge in [0.2, 0.25) is 5.91 Å². The molecule has 3 nitrogen and oxygen atoms in total. The first-order valence-corrected chi connectivity index (χ1v) is 7.35. The van der Waals surface area contributed by atoms with Crippen molar-refractivity contribution in [2.45, 2.75) is 45.7 Å². The van der Waals surface area contributed by atoms with Gasteiger partial charge in [-0.25, -0.2) is 0 Å². The van der Waals surface area contributed by atoms with Gasteiger partial charge in [0.15, 0.2) is 0 Å². The summed E-state index contributed by atoms with van der Waals surface area (Å²) < 4.78 is 0. The van der Waals surface area contributed by atoms with Crippen molar-refractivity contribution in [1.82, 2.24) is 9.88 Å². The smallest absolute Gasteiger partial charge is 0.226 e. The molecule has 0 bridgehead atoms. The van der Waals surface area contributed by atoms with Crippen LogP contribution in [0.2, 0.25) is 0 Å². The van der Waals surface area contributed by atoms with Gasteiger partial charge in [-0.1, -0.05) is 6.07 Å². The molecule has 102 valence electrons. The van der Waals surface area contributed by atoms with Crippen LogP contribution in [0.5, 0.6) is 0 Å². The van der Waals surface area contributed by atoms with Gasteiger partial charge in [-0.3, -0.25) is 9.78 Å². The molecular weight excluding hydrogens is 236 g/mol. The minimum absolute atomic E-state index is 0.242. The molecular formula is C16H22N2O. The van der Waals surface area contributed by atoms with Gasteiger partial charge in [-0.2, -0.15) is 0 Å². The van der Waals surface area contributed by atoms with E-state index < -0.39 is 0 Å². The number of pyridine rings is 1. The molecule has 2 unspecified atom stereocenters. The van der Waals surface area contributed by atoms with E-state index in [-0.39, 0.29) is 12.0 Å². The van der Waals surface area contributed by atoms with Gasteiger partial charge in [0.05, 0.1) is 12.2 Å². The number of hydrogen-bond donors (Lipinski definition) is 0. The summed E-state index contributed by atoms with van der Waals surface area (Å²) in [4.78, 5) is 19.0. The molecule has 1 aromatic rings. The van der Waals surface area contributed by atoms with Crippen LogP contribution >= 0.6 is 0 Å². The van der Waals surface area contributed by atoms with Crippen molar-refractivity contribution < 1.29 is 4.79 Å². The highest BCUT2D eigenvalue weighted by Crippen LogP contribution is 2.54. The summed E-state index contributed by atoms with van der Waals surface area (Å²) in [5.74, 6) is 2.33. The fraction of sp³-hybridized carbons (Fsp3) is 0.625. The molecule has 1 aromatic heterocycles. The van der Waals surface area contributed by atoms with Crippen molar-refractivity contribution in [2.24, 2.45) is 17.8 Å². The Bertz CT molecular complexity index is 447. The highest BCUT2D eigenvalue weighted by Gasteiger charge is 2.48. The third kappa shape index (κ3) is 2.65. The number of fused-ring (bicyclic) bond motifs is 1. The molecule has 0 N–H and O–H groups in total. The Hall–Kier alpha value is -1.38. The van der Waals surface area contributed by atoms with Gasteiger partial charge in [0.1, 0.15) is 0 Å². The predicted octanol–water partition coefficient (Wildman–Crippen LogP) is 2.86. The number of amides is 1. The lowest BCUT2D eigenvalue weighted by molar-refractivity contribution is -0.138.